The van der Waals surface area contributed by atoms with Crippen LogP contribution in [0.25, 0.3) is 0 Å². The van der Waals surface area contributed by atoms with Crippen molar-refractivity contribution in [3.8, 4) is 11.6 Å². The van der Waals surface area contributed by atoms with Gasteiger partial charge in [-0.2, -0.15) is 0 Å². The molecule has 1 heterocycles. The Bertz CT molecular complexity index is 572. The van der Waals surface area contributed by atoms with Gasteiger partial charge in [0.1, 0.15) is 5.75 Å². The second-order valence-electron chi connectivity index (χ2n) is 4.46. The van der Waals surface area contributed by atoms with Gasteiger partial charge in [0.05, 0.1) is 5.02 Å². The summed E-state index contributed by atoms with van der Waals surface area (Å²) in [5, 5.41) is 3.91. The SMILES string of the molecule is CCNCc1cc(Oc2ccccc2CC)ncc1Cl. The Labute approximate surface area is 124 Å². The number of benzene rings is 1. The second kappa shape index (κ2) is 7.27. The molecule has 2 aromatic rings. The topological polar surface area (TPSA) is 34.1 Å². The van der Waals surface area contributed by atoms with Crippen molar-refractivity contribution in [2.24, 2.45) is 0 Å². The van der Waals surface area contributed by atoms with E-state index in [4.69, 9.17) is 16.3 Å². The summed E-state index contributed by atoms with van der Waals surface area (Å²) in [6.07, 6.45) is 2.56. The summed E-state index contributed by atoms with van der Waals surface area (Å²) < 4.78 is 5.88. The molecule has 0 aliphatic rings. The van der Waals surface area contributed by atoms with Crippen LogP contribution in [0.4, 0.5) is 0 Å². The Balaban J connectivity index is 2.20. The number of hydrogen-bond acceptors (Lipinski definition) is 3. The van der Waals surface area contributed by atoms with Gasteiger partial charge in [-0.3, -0.25) is 0 Å². The smallest absolute Gasteiger partial charge is 0.219 e. The normalized spacial score (nSPS) is 10.6. The number of halogens is 1. The highest BCUT2D eigenvalue weighted by Crippen LogP contribution is 2.26. The van der Waals surface area contributed by atoms with Gasteiger partial charge in [0.15, 0.2) is 0 Å². The Morgan fingerprint density at radius 1 is 1.20 bits per heavy atom. The van der Waals surface area contributed by atoms with Crippen LogP contribution < -0.4 is 10.1 Å². The first-order valence-corrected chi connectivity index (χ1v) is 7.23. The molecule has 0 fully saturated rings. The Kier molecular flexibility index (Phi) is 5.39. The standard InChI is InChI=1S/C16H19ClN2O/c1-3-12-7-5-6-8-15(12)20-16-9-13(10-18-4-2)14(17)11-19-16/h5-9,11,18H,3-4,10H2,1-2H3. The average Bonchev–Trinajstić information content (AvgIpc) is 2.48. The zero-order valence-electron chi connectivity index (χ0n) is 11.8. The molecule has 2 rings (SSSR count). The third-order valence-corrected chi connectivity index (χ3v) is 3.38. The lowest BCUT2D eigenvalue weighted by Gasteiger charge is -2.11. The van der Waals surface area contributed by atoms with Crippen molar-refractivity contribution in [1.82, 2.24) is 10.3 Å². The van der Waals surface area contributed by atoms with Crippen LogP contribution in [0, 0.1) is 0 Å². The van der Waals surface area contributed by atoms with Crippen LogP contribution in [-0.4, -0.2) is 11.5 Å². The van der Waals surface area contributed by atoms with Crippen molar-refractivity contribution in [2.75, 3.05) is 6.54 Å². The van der Waals surface area contributed by atoms with E-state index in [1.165, 1.54) is 0 Å². The average molecular weight is 291 g/mol. The van der Waals surface area contributed by atoms with Gasteiger partial charge in [-0.25, -0.2) is 4.98 Å². The van der Waals surface area contributed by atoms with Gasteiger partial charge < -0.3 is 10.1 Å². The van der Waals surface area contributed by atoms with E-state index in [2.05, 4.69) is 30.2 Å². The van der Waals surface area contributed by atoms with Crippen molar-refractivity contribution < 1.29 is 4.74 Å². The monoisotopic (exact) mass is 290 g/mol. The maximum Gasteiger partial charge on any atom is 0.219 e. The van der Waals surface area contributed by atoms with E-state index < -0.39 is 0 Å². The molecule has 0 amide bonds. The number of nitrogens with zero attached hydrogens (tertiary/aromatic N) is 1. The van der Waals surface area contributed by atoms with Crippen LogP contribution in [0.5, 0.6) is 11.6 Å². The van der Waals surface area contributed by atoms with Gasteiger partial charge in [0, 0.05) is 18.8 Å². The first kappa shape index (κ1) is 14.8. The molecule has 3 nitrogen and oxygen atoms in total. The lowest BCUT2D eigenvalue weighted by molar-refractivity contribution is 0.456. The molecule has 106 valence electrons. The van der Waals surface area contributed by atoms with Crippen LogP contribution in [0.1, 0.15) is 25.0 Å². The van der Waals surface area contributed by atoms with Gasteiger partial charge in [-0.15, -0.1) is 0 Å². The minimum Gasteiger partial charge on any atom is -0.439 e. The molecule has 0 aliphatic carbocycles. The summed E-state index contributed by atoms with van der Waals surface area (Å²) in [6, 6.07) is 9.88. The predicted octanol–water partition coefficient (Wildman–Crippen LogP) is 4.20. The fourth-order valence-corrected chi connectivity index (χ4v) is 2.09. The highest BCUT2D eigenvalue weighted by atomic mass is 35.5. The lowest BCUT2D eigenvalue weighted by atomic mass is 10.1. The maximum absolute atomic E-state index is 6.14. The fraction of sp³-hybridized carbons (Fsp3) is 0.312. The van der Waals surface area contributed by atoms with E-state index in [9.17, 15) is 0 Å². The fourth-order valence-electron chi connectivity index (χ4n) is 1.92. The summed E-state index contributed by atoms with van der Waals surface area (Å²) in [5.41, 5.74) is 2.16. The molecule has 4 heteroatoms. The zero-order chi connectivity index (χ0) is 14.4. The number of ether oxygens (including phenoxy) is 1. The molecular formula is C16H19ClN2O. The second-order valence-corrected chi connectivity index (χ2v) is 4.86. The van der Waals surface area contributed by atoms with E-state index in [0.29, 0.717) is 17.4 Å². The molecule has 0 atom stereocenters. The zero-order valence-corrected chi connectivity index (χ0v) is 12.6. The lowest BCUT2D eigenvalue weighted by Crippen LogP contribution is -2.12. The highest BCUT2D eigenvalue weighted by molar-refractivity contribution is 6.31. The molecule has 0 unspecified atom stereocenters. The van der Waals surface area contributed by atoms with Gasteiger partial charge >= 0.3 is 0 Å². The molecule has 0 saturated carbocycles. The van der Waals surface area contributed by atoms with Crippen molar-refractivity contribution >= 4 is 11.6 Å². The molecule has 0 radical (unpaired) electrons. The van der Waals surface area contributed by atoms with Gasteiger partial charge in [0.2, 0.25) is 5.88 Å². The Morgan fingerprint density at radius 2 is 2.00 bits per heavy atom. The Morgan fingerprint density at radius 3 is 2.75 bits per heavy atom. The van der Waals surface area contributed by atoms with Crippen molar-refractivity contribution in [1.29, 1.82) is 0 Å². The van der Waals surface area contributed by atoms with E-state index in [1.807, 2.05) is 24.3 Å². The minimum atomic E-state index is 0.572. The first-order valence-electron chi connectivity index (χ1n) is 6.85. The predicted molar refractivity (Wildman–Crippen MR) is 82.5 cm³/mol. The van der Waals surface area contributed by atoms with Gasteiger partial charge in [-0.1, -0.05) is 43.6 Å². The molecule has 1 aromatic heterocycles. The molecule has 1 N–H and O–H groups in total. The van der Waals surface area contributed by atoms with Gasteiger partial charge in [-0.05, 0) is 30.2 Å². The minimum absolute atomic E-state index is 0.572. The number of hydrogen-bond donors (Lipinski definition) is 1. The molecule has 0 aliphatic heterocycles. The van der Waals surface area contributed by atoms with Crippen LogP contribution in [0.3, 0.4) is 0 Å². The van der Waals surface area contributed by atoms with E-state index >= 15 is 0 Å². The third-order valence-electron chi connectivity index (χ3n) is 3.04. The summed E-state index contributed by atoms with van der Waals surface area (Å²) >= 11 is 6.14. The molecule has 0 saturated heterocycles. The number of rotatable bonds is 6. The summed E-state index contributed by atoms with van der Waals surface area (Å²) in [4.78, 5) is 4.24. The third kappa shape index (κ3) is 3.71. The van der Waals surface area contributed by atoms with Crippen molar-refractivity contribution in [3.05, 3.63) is 52.7 Å². The number of nitrogens with one attached hydrogen (secondary N) is 1. The molecule has 20 heavy (non-hydrogen) atoms. The number of para-hydroxylation sites is 1. The van der Waals surface area contributed by atoms with Crippen LogP contribution in [0.15, 0.2) is 36.5 Å². The molecule has 0 bridgehead atoms. The number of pyridine rings is 1. The summed E-state index contributed by atoms with van der Waals surface area (Å²) in [6.45, 7) is 5.77. The highest BCUT2D eigenvalue weighted by Gasteiger charge is 2.07. The molecule has 1 aromatic carbocycles. The van der Waals surface area contributed by atoms with Crippen LogP contribution in [-0.2, 0) is 13.0 Å². The number of aromatic nitrogens is 1. The summed E-state index contributed by atoms with van der Waals surface area (Å²) in [5.74, 6) is 1.42. The van der Waals surface area contributed by atoms with Crippen molar-refractivity contribution in [2.45, 2.75) is 26.8 Å². The largest absolute Gasteiger partial charge is 0.439 e. The molecule has 0 spiro atoms. The van der Waals surface area contributed by atoms with Crippen LogP contribution in [0.2, 0.25) is 5.02 Å². The maximum atomic E-state index is 6.14. The van der Waals surface area contributed by atoms with E-state index in [1.54, 1.807) is 6.20 Å². The van der Waals surface area contributed by atoms with E-state index in [0.717, 1.165) is 29.8 Å². The first-order chi connectivity index (χ1) is 9.74. The Hall–Kier alpha value is -1.58. The number of aryl methyl sites for hydroxylation is 1. The quantitative estimate of drug-likeness (QED) is 0.866. The van der Waals surface area contributed by atoms with E-state index in [-0.39, 0.29) is 0 Å². The van der Waals surface area contributed by atoms with Crippen molar-refractivity contribution in [3.63, 3.8) is 0 Å². The molecular weight excluding hydrogens is 272 g/mol. The van der Waals surface area contributed by atoms with Crippen LogP contribution >= 0.6 is 11.6 Å². The van der Waals surface area contributed by atoms with Gasteiger partial charge in [0.25, 0.3) is 0 Å². The summed E-state index contributed by atoms with van der Waals surface area (Å²) in [7, 11) is 0.